The molecule has 6 heteroatoms. The van der Waals surface area contributed by atoms with E-state index in [2.05, 4.69) is 15.9 Å². The maximum absolute atomic E-state index is 12.4. The molecule has 1 nitrogen and oxygen atoms in total. The molecule has 0 unspecified atom stereocenters. The Morgan fingerprint density at radius 3 is 2.44 bits per heavy atom. The van der Waals surface area contributed by atoms with E-state index in [0.29, 0.717) is 14.5 Å². The lowest BCUT2D eigenvalue weighted by atomic mass is 10.1. The average Bonchev–Trinajstić information content (AvgIpc) is 2.16. The summed E-state index contributed by atoms with van der Waals surface area (Å²) in [5.41, 5.74) is -0.389. The molecule has 1 aromatic carbocycles. The molecule has 0 fully saturated rings. The zero-order valence-electron chi connectivity index (χ0n) is 7.94. The second-order valence-electron chi connectivity index (χ2n) is 3.05. The summed E-state index contributed by atoms with van der Waals surface area (Å²) >= 11 is 4.86. The highest BCUT2D eigenvalue weighted by atomic mass is 127. The molecule has 0 bridgehead atoms. The van der Waals surface area contributed by atoms with E-state index in [-0.39, 0.29) is 12.2 Å². The number of hydrogen-bond donors (Lipinski definition) is 0. The monoisotopic (exact) mass is 406 g/mol. The topological polar surface area (TPSA) is 17.1 Å². The number of Topliss-reactive ketones (excluding diaryl/α,β-unsaturated/α-hetero) is 1. The molecule has 0 aliphatic heterocycles. The summed E-state index contributed by atoms with van der Waals surface area (Å²) in [5, 5.41) is 0.503. The van der Waals surface area contributed by atoms with Crippen LogP contribution >= 0.6 is 38.5 Å². The van der Waals surface area contributed by atoms with Gasteiger partial charge in [0.2, 0.25) is 0 Å². The van der Waals surface area contributed by atoms with Crippen LogP contribution < -0.4 is 0 Å². The first-order valence-corrected chi connectivity index (χ1v) is 6.52. The molecule has 1 rings (SSSR count). The van der Waals surface area contributed by atoms with E-state index in [4.69, 9.17) is 0 Å². The van der Waals surface area contributed by atoms with Gasteiger partial charge in [-0.15, -0.1) is 0 Å². The van der Waals surface area contributed by atoms with Crippen LogP contribution in [0.5, 0.6) is 0 Å². The van der Waals surface area contributed by atoms with Crippen molar-refractivity contribution in [3.8, 4) is 0 Å². The van der Waals surface area contributed by atoms with E-state index >= 15 is 0 Å². The van der Waals surface area contributed by atoms with Crippen molar-refractivity contribution in [1.82, 2.24) is 0 Å². The quantitative estimate of drug-likeness (QED) is 0.416. The van der Waals surface area contributed by atoms with Crippen molar-refractivity contribution in [1.29, 1.82) is 0 Å². The third-order valence-corrected chi connectivity index (χ3v) is 3.21. The van der Waals surface area contributed by atoms with Crippen LogP contribution in [0.3, 0.4) is 0 Å². The third-order valence-electron chi connectivity index (χ3n) is 1.92. The van der Waals surface area contributed by atoms with E-state index in [9.17, 15) is 18.0 Å². The van der Waals surface area contributed by atoms with Crippen molar-refractivity contribution in [3.05, 3.63) is 32.9 Å². The summed E-state index contributed by atoms with van der Waals surface area (Å²) in [5.74, 6) is -0.157. The minimum absolute atomic E-state index is 0.157. The maximum atomic E-state index is 12.4. The predicted octanol–water partition coefficient (Wildman–Crippen LogP) is 4.28. The van der Waals surface area contributed by atoms with Crippen molar-refractivity contribution < 1.29 is 18.0 Å². The first kappa shape index (κ1) is 14.0. The Hall–Kier alpha value is -0.110. The summed E-state index contributed by atoms with van der Waals surface area (Å²) < 4.78 is 37.4. The molecular formula is C10H7BrF3IO. The fourth-order valence-corrected chi connectivity index (χ4v) is 2.31. The minimum atomic E-state index is -4.36. The molecule has 0 saturated carbocycles. The van der Waals surface area contributed by atoms with E-state index in [0.717, 1.165) is 12.1 Å². The number of hydrogen-bond acceptors (Lipinski definition) is 1. The highest BCUT2D eigenvalue weighted by Crippen LogP contribution is 2.31. The van der Waals surface area contributed by atoms with Gasteiger partial charge in [-0.3, -0.25) is 4.79 Å². The lowest BCUT2D eigenvalue weighted by Crippen LogP contribution is -2.08. The van der Waals surface area contributed by atoms with Crippen LogP contribution in [0.25, 0.3) is 0 Å². The molecule has 0 aliphatic rings. The molecule has 16 heavy (non-hydrogen) atoms. The van der Waals surface area contributed by atoms with E-state index in [1.807, 2.05) is 0 Å². The fourth-order valence-electron chi connectivity index (χ4n) is 1.14. The normalized spacial score (nSPS) is 11.6. The van der Waals surface area contributed by atoms with Gasteiger partial charge >= 0.3 is 6.18 Å². The number of ketones is 1. The molecule has 88 valence electrons. The molecule has 0 saturated heterocycles. The molecule has 0 aromatic heterocycles. The summed E-state index contributed by atoms with van der Waals surface area (Å²) in [6, 6.07) is 3.15. The smallest absolute Gasteiger partial charge is 0.294 e. The van der Waals surface area contributed by atoms with Crippen LogP contribution in [0.4, 0.5) is 13.2 Å². The highest BCUT2D eigenvalue weighted by molar-refractivity contribution is 14.1. The van der Waals surface area contributed by atoms with E-state index < -0.39 is 11.7 Å². The Morgan fingerprint density at radius 2 is 2.00 bits per heavy atom. The Kier molecular flexibility index (Phi) is 4.78. The molecule has 0 heterocycles. The van der Waals surface area contributed by atoms with Gasteiger partial charge in [0.15, 0.2) is 5.78 Å². The minimum Gasteiger partial charge on any atom is -0.294 e. The molecule has 0 N–H and O–H groups in total. The van der Waals surface area contributed by atoms with Crippen LogP contribution in [0, 0.1) is 3.57 Å². The molecule has 1 aromatic rings. The Morgan fingerprint density at radius 1 is 1.38 bits per heavy atom. The number of carbonyl (C=O) groups is 1. The molecule has 0 atom stereocenters. The first-order valence-electron chi connectivity index (χ1n) is 4.32. The first-order chi connectivity index (χ1) is 7.36. The maximum Gasteiger partial charge on any atom is 0.416 e. The van der Waals surface area contributed by atoms with Crippen molar-refractivity contribution in [2.45, 2.75) is 12.6 Å². The number of carbonyl (C=O) groups excluding carboxylic acids is 1. The van der Waals surface area contributed by atoms with E-state index in [1.54, 1.807) is 22.6 Å². The number of rotatable bonds is 3. The third kappa shape index (κ3) is 3.44. The highest BCUT2D eigenvalue weighted by Gasteiger charge is 2.31. The second-order valence-corrected chi connectivity index (χ2v) is 5.01. The number of halogens is 5. The summed E-state index contributed by atoms with van der Waals surface area (Å²) in [6.07, 6.45) is -4.09. The van der Waals surface area contributed by atoms with Gasteiger partial charge in [-0.1, -0.05) is 15.9 Å². The van der Waals surface area contributed by atoms with Crippen molar-refractivity contribution >= 4 is 44.3 Å². The van der Waals surface area contributed by atoms with Crippen molar-refractivity contribution in [2.24, 2.45) is 0 Å². The standard InChI is InChI=1S/C10H7BrF3IO/c11-4-3-9(16)7-2-1-6(5-8(7)15)10(12,13)14/h1-2,5H,3-4H2. The van der Waals surface area contributed by atoms with Crippen LogP contribution in [0.1, 0.15) is 22.3 Å². The Balaban J connectivity index is 3.05. The van der Waals surface area contributed by atoms with Gasteiger partial charge in [-0.2, -0.15) is 13.2 Å². The second kappa shape index (κ2) is 5.48. The Labute approximate surface area is 113 Å². The van der Waals surface area contributed by atoms with Crippen LogP contribution in [-0.4, -0.2) is 11.1 Å². The van der Waals surface area contributed by atoms with Gasteiger partial charge in [0.25, 0.3) is 0 Å². The largest absolute Gasteiger partial charge is 0.416 e. The molecule has 0 spiro atoms. The average molecular weight is 407 g/mol. The summed E-state index contributed by atoms with van der Waals surface area (Å²) in [4.78, 5) is 11.5. The van der Waals surface area contributed by atoms with Gasteiger partial charge in [-0.05, 0) is 40.8 Å². The number of benzene rings is 1. The van der Waals surface area contributed by atoms with Crippen molar-refractivity contribution in [3.63, 3.8) is 0 Å². The lowest BCUT2D eigenvalue weighted by molar-refractivity contribution is -0.137. The summed E-state index contributed by atoms with van der Waals surface area (Å²) in [7, 11) is 0. The van der Waals surface area contributed by atoms with Gasteiger partial charge in [0, 0.05) is 20.9 Å². The summed E-state index contributed by atoms with van der Waals surface area (Å²) in [6.45, 7) is 0. The van der Waals surface area contributed by atoms with Gasteiger partial charge in [0.1, 0.15) is 0 Å². The molecule has 0 aliphatic carbocycles. The lowest BCUT2D eigenvalue weighted by Gasteiger charge is -2.09. The Bertz CT molecular complexity index is 404. The van der Waals surface area contributed by atoms with Crippen molar-refractivity contribution in [2.75, 3.05) is 5.33 Å². The molecule has 0 amide bonds. The van der Waals surface area contributed by atoms with Gasteiger partial charge in [-0.25, -0.2) is 0 Å². The van der Waals surface area contributed by atoms with Crippen LogP contribution in [0.2, 0.25) is 0 Å². The zero-order valence-corrected chi connectivity index (χ0v) is 11.7. The predicted molar refractivity (Wildman–Crippen MR) is 66.9 cm³/mol. The van der Waals surface area contributed by atoms with Gasteiger partial charge < -0.3 is 0 Å². The van der Waals surface area contributed by atoms with Gasteiger partial charge in [0.05, 0.1) is 5.56 Å². The van der Waals surface area contributed by atoms with E-state index in [1.165, 1.54) is 6.07 Å². The zero-order chi connectivity index (χ0) is 12.3. The van der Waals surface area contributed by atoms with Crippen LogP contribution in [-0.2, 0) is 6.18 Å². The molecular weight excluding hydrogens is 400 g/mol. The fraction of sp³-hybridized carbons (Fsp3) is 0.300. The number of alkyl halides is 4. The van der Waals surface area contributed by atoms with Crippen LogP contribution in [0.15, 0.2) is 18.2 Å². The SMILES string of the molecule is O=C(CCBr)c1ccc(C(F)(F)F)cc1I. The molecule has 0 radical (unpaired) electrons.